The van der Waals surface area contributed by atoms with E-state index in [-0.39, 0.29) is 11.7 Å². The third-order valence-electron chi connectivity index (χ3n) is 2.93. The number of carbonyl (C=O) groups is 2. The molecule has 8 heteroatoms. The molecule has 2 rings (SSSR count). The lowest BCUT2D eigenvalue weighted by atomic mass is 10.1. The highest BCUT2D eigenvalue weighted by Gasteiger charge is 2.24. The van der Waals surface area contributed by atoms with E-state index < -0.39 is 11.9 Å². The summed E-state index contributed by atoms with van der Waals surface area (Å²) in [6.45, 7) is 3.19. The highest BCUT2D eigenvalue weighted by molar-refractivity contribution is 5.94. The van der Waals surface area contributed by atoms with Crippen LogP contribution in [0.1, 0.15) is 36.8 Å². The summed E-state index contributed by atoms with van der Waals surface area (Å²) in [7, 11) is 0. The normalized spacial score (nSPS) is 17.3. The molecule has 1 aromatic rings. The average molecular weight is 252 g/mol. The molecule has 1 fully saturated rings. The summed E-state index contributed by atoms with van der Waals surface area (Å²) < 4.78 is 0. The standard InChI is InChI=1S/C10H16N6O2/c1-7(10(18)16-5-3-2-4-6-16)11-9(17)8-12-14-15-13-8/h7H,2-6H2,1H3,(H,11,17)(H,12,13,14,15). The highest BCUT2D eigenvalue weighted by atomic mass is 16.2. The number of tetrazole rings is 1. The molecule has 18 heavy (non-hydrogen) atoms. The van der Waals surface area contributed by atoms with Crippen molar-refractivity contribution in [1.29, 1.82) is 0 Å². The van der Waals surface area contributed by atoms with Gasteiger partial charge in [0.2, 0.25) is 5.91 Å². The van der Waals surface area contributed by atoms with Crippen molar-refractivity contribution >= 4 is 11.8 Å². The number of hydrogen-bond acceptors (Lipinski definition) is 5. The maximum atomic E-state index is 12.1. The molecule has 1 aliphatic heterocycles. The molecule has 98 valence electrons. The Morgan fingerprint density at radius 3 is 2.67 bits per heavy atom. The largest absolute Gasteiger partial charge is 0.341 e. The maximum Gasteiger partial charge on any atom is 0.293 e. The third-order valence-corrected chi connectivity index (χ3v) is 2.93. The van der Waals surface area contributed by atoms with Gasteiger partial charge in [-0.15, -0.1) is 10.2 Å². The van der Waals surface area contributed by atoms with E-state index in [0.717, 1.165) is 32.4 Å². The summed E-state index contributed by atoms with van der Waals surface area (Å²) in [6, 6.07) is -0.575. The molecule has 2 amide bonds. The number of nitrogens with zero attached hydrogens (tertiary/aromatic N) is 4. The van der Waals surface area contributed by atoms with Crippen LogP contribution in [0.5, 0.6) is 0 Å². The van der Waals surface area contributed by atoms with Gasteiger partial charge < -0.3 is 10.2 Å². The van der Waals surface area contributed by atoms with E-state index in [9.17, 15) is 9.59 Å². The van der Waals surface area contributed by atoms with Gasteiger partial charge in [0.1, 0.15) is 6.04 Å². The van der Waals surface area contributed by atoms with E-state index in [2.05, 4.69) is 25.9 Å². The summed E-state index contributed by atoms with van der Waals surface area (Å²) >= 11 is 0. The predicted octanol–water partition coefficient (Wildman–Crippen LogP) is -0.669. The van der Waals surface area contributed by atoms with E-state index in [1.807, 2.05) is 0 Å². The number of aromatic amines is 1. The number of piperidine rings is 1. The molecule has 2 N–H and O–H groups in total. The van der Waals surface area contributed by atoms with Crippen molar-refractivity contribution in [3.8, 4) is 0 Å². The maximum absolute atomic E-state index is 12.1. The number of amides is 2. The first-order chi connectivity index (χ1) is 8.68. The van der Waals surface area contributed by atoms with Gasteiger partial charge in [0.25, 0.3) is 11.7 Å². The fraction of sp³-hybridized carbons (Fsp3) is 0.700. The van der Waals surface area contributed by atoms with Crippen LogP contribution in [-0.2, 0) is 4.79 Å². The van der Waals surface area contributed by atoms with Crippen molar-refractivity contribution < 1.29 is 9.59 Å². The van der Waals surface area contributed by atoms with Crippen LogP contribution >= 0.6 is 0 Å². The average Bonchev–Trinajstić information content (AvgIpc) is 2.92. The van der Waals surface area contributed by atoms with Crippen LogP contribution in [0.3, 0.4) is 0 Å². The molecular formula is C10H16N6O2. The zero-order chi connectivity index (χ0) is 13.0. The second-order valence-electron chi connectivity index (χ2n) is 4.32. The van der Waals surface area contributed by atoms with Gasteiger partial charge in [0, 0.05) is 13.1 Å². The first-order valence-electron chi connectivity index (χ1n) is 6.01. The lowest BCUT2D eigenvalue weighted by Gasteiger charge is -2.29. The number of aromatic nitrogens is 4. The minimum absolute atomic E-state index is 0.0618. The first-order valence-corrected chi connectivity index (χ1v) is 6.01. The summed E-state index contributed by atoms with van der Waals surface area (Å²) in [5.41, 5.74) is 0. The van der Waals surface area contributed by atoms with E-state index in [0.29, 0.717) is 0 Å². The van der Waals surface area contributed by atoms with Gasteiger partial charge in [-0.2, -0.15) is 5.21 Å². The fourth-order valence-corrected chi connectivity index (χ4v) is 1.97. The molecule has 8 nitrogen and oxygen atoms in total. The van der Waals surface area contributed by atoms with Crippen LogP contribution in [0.2, 0.25) is 0 Å². The van der Waals surface area contributed by atoms with Gasteiger partial charge in [-0.05, 0) is 31.4 Å². The molecule has 0 bridgehead atoms. The molecular weight excluding hydrogens is 236 g/mol. The minimum atomic E-state index is -0.575. The Kier molecular flexibility index (Phi) is 3.85. The van der Waals surface area contributed by atoms with Gasteiger partial charge in [-0.1, -0.05) is 0 Å². The number of H-pyrrole nitrogens is 1. The van der Waals surface area contributed by atoms with Crippen LogP contribution < -0.4 is 5.32 Å². The molecule has 2 heterocycles. The number of rotatable bonds is 3. The molecule has 1 atom stereocenters. The molecule has 0 aromatic carbocycles. The summed E-state index contributed by atoms with van der Waals surface area (Å²) in [4.78, 5) is 25.5. The third kappa shape index (κ3) is 2.82. The lowest BCUT2D eigenvalue weighted by Crippen LogP contribution is -2.48. The molecule has 0 spiro atoms. The quantitative estimate of drug-likeness (QED) is 0.742. The van der Waals surface area contributed by atoms with Gasteiger partial charge in [-0.3, -0.25) is 9.59 Å². The van der Waals surface area contributed by atoms with Crippen molar-refractivity contribution in [2.75, 3.05) is 13.1 Å². The summed E-state index contributed by atoms with van der Waals surface area (Å²) in [5.74, 6) is -0.624. The second kappa shape index (κ2) is 5.56. The van der Waals surface area contributed by atoms with Gasteiger partial charge in [-0.25, -0.2) is 0 Å². The van der Waals surface area contributed by atoms with E-state index in [1.54, 1.807) is 11.8 Å². The second-order valence-corrected chi connectivity index (χ2v) is 4.32. The van der Waals surface area contributed by atoms with Crippen LogP contribution in [0.25, 0.3) is 0 Å². The van der Waals surface area contributed by atoms with Crippen LogP contribution in [0.4, 0.5) is 0 Å². The number of carbonyl (C=O) groups excluding carboxylic acids is 2. The molecule has 1 unspecified atom stereocenters. The zero-order valence-corrected chi connectivity index (χ0v) is 10.2. The molecule has 0 aliphatic carbocycles. The number of nitrogens with one attached hydrogen (secondary N) is 2. The first kappa shape index (κ1) is 12.5. The zero-order valence-electron chi connectivity index (χ0n) is 10.2. The molecule has 0 radical (unpaired) electrons. The Balaban J connectivity index is 1.88. The van der Waals surface area contributed by atoms with E-state index in [4.69, 9.17) is 0 Å². The van der Waals surface area contributed by atoms with Crippen LogP contribution in [0, 0.1) is 0 Å². The van der Waals surface area contributed by atoms with Crippen LogP contribution in [0.15, 0.2) is 0 Å². The lowest BCUT2D eigenvalue weighted by molar-refractivity contribution is -0.133. The Bertz CT molecular complexity index is 412. The van der Waals surface area contributed by atoms with Crippen molar-refractivity contribution in [2.45, 2.75) is 32.2 Å². The van der Waals surface area contributed by atoms with E-state index >= 15 is 0 Å². The van der Waals surface area contributed by atoms with E-state index in [1.165, 1.54) is 0 Å². The fourth-order valence-electron chi connectivity index (χ4n) is 1.97. The van der Waals surface area contributed by atoms with Crippen molar-refractivity contribution in [1.82, 2.24) is 30.8 Å². The van der Waals surface area contributed by atoms with Gasteiger partial charge in [0.15, 0.2) is 0 Å². The van der Waals surface area contributed by atoms with Crippen molar-refractivity contribution in [3.05, 3.63) is 5.82 Å². The summed E-state index contributed by atoms with van der Waals surface area (Å²) in [6.07, 6.45) is 3.21. The van der Waals surface area contributed by atoms with Gasteiger partial charge >= 0.3 is 0 Å². The van der Waals surface area contributed by atoms with Crippen molar-refractivity contribution in [2.24, 2.45) is 0 Å². The van der Waals surface area contributed by atoms with Crippen molar-refractivity contribution in [3.63, 3.8) is 0 Å². The summed E-state index contributed by atoms with van der Waals surface area (Å²) in [5, 5.41) is 15.2. The number of likely N-dealkylation sites (tertiary alicyclic amines) is 1. The Hall–Kier alpha value is -1.99. The predicted molar refractivity (Wildman–Crippen MR) is 61.5 cm³/mol. The molecule has 1 aliphatic rings. The SMILES string of the molecule is CC(NC(=O)c1nn[nH]n1)C(=O)N1CCCCC1. The Morgan fingerprint density at radius 1 is 1.33 bits per heavy atom. The number of hydrogen-bond donors (Lipinski definition) is 2. The van der Waals surface area contributed by atoms with Crippen LogP contribution in [-0.4, -0.2) is 56.5 Å². The Labute approximate surface area is 104 Å². The minimum Gasteiger partial charge on any atom is -0.341 e. The monoisotopic (exact) mass is 252 g/mol. The van der Waals surface area contributed by atoms with Gasteiger partial charge in [0.05, 0.1) is 0 Å². The molecule has 1 aromatic heterocycles. The highest BCUT2D eigenvalue weighted by Crippen LogP contribution is 2.09. The molecule has 1 saturated heterocycles. The Morgan fingerprint density at radius 2 is 2.06 bits per heavy atom. The smallest absolute Gasteiger partial charge is 0.293 e. The topological polar surface area (TPSA) is 104 Å². The molecule has 0 saturated carbocycles.